The van der Waals surface area contributed by atoms with Gasteiger partial charge in [-0.3, -0.25) is 4.79 Å². The first-order valence-corrected chi connectivity index (χ1v) is 10.1. The van der Waals surface area contributed by atoms with Crippen LogP contribution in [0.15, 0.2) is 45.9 Å². The normalized spacial score (nSPS) is 12.6. The summed E-state index contributed by atoms with van der Waals surface area (Å²) in [6, 6.07) is 5.87. The van der Waals surface area contributed by atoms with Crippen LogP contribution in [0.4, 0.5) is 0 Å². The maximum absolute atomic E-state index is 12.5. The topological polar surface area (TPSA) is 112 Å². The maximum atomic E-state index is 12.5. The molecular formula is C18H20ClNO7S. The van der Waals surface area contributed by atoms with Crippen molar-refractivity contribution in [1.29, 1.82) is 0 Å². The molecule has 2 rings (SSSR count). The number of halogens is 1. The number of methoxy groups -OCH3 is 1. The van der Waals surface area contributed by atoms with Gasteiger partial charge in [-0.2, -0.15) is 4.72 Å². The molecule has 10 heteroatoms. The lowest BCUT2D eigenvalue weighted by Crippen LogP contribution is -2.45. The van der Waals surface area contributed by atoms with E-state index in [1.165, 1.54) is 43.7 Å². The molecule has 1 N–H and O–H groups in total. The van der Waals surface area contributed by atoms with Crippen molar-refractivity contribution in [3.8, 4) is 0 Å². The second-order valence-corrected chi connectivity index (χ2v) is 8.32. The van der Waals surface area contributed by atoms with E-state index in [0.29, 0.717) is 10.6 Å². The van der Waals surface area contributed by atoms with Crippen LogP contribution >= 0.6 is 11.6 Å². The van der Waals surface area contributed by atoms with E-state index < -0.39 is 28.0 Å². The molecule has 0 saturated heterocycles. The van der Waals surface area contributed by atoms with Crippen LogP contribution in [0, 0.1) is 5.92 Å². The number of rotatable bonds is 8. The van der Waals surface area contributed by atoms with Gasteiger partial charge in [-0.1, -0.05) is 25.4 Å². The SMILES string of the molecule is COC(=O)c1occc1COC(=O)C(NS(=O)(=O)c1ccc(Cl)cc1)C(C)C. The van der Waals surface area contributed by atoms with Crippen LogP contribution in [0.1, 0.15) is 30.0 Å². The van der Waals surface area contributed by atoms with Gasteiger partial charge < -0.3 is 13.9 Å². The second-order valence-electron chi connectivity index (χ2n) is 6.17. The number of carbonyl (C=O) groups excluding carboxylic acids is 2. The molecule has 1 heterocycles. The molecule has 0 bridgehead atoms. The summed E-state index contributed by atoms with van der Waals surface area (Å²) < 4.78 is 42.2. The molecule has 1 atom stereocenters. The predicted octanol–water partition coefficient (Wildman–Crippen LogP) is 2.77. The van der Waals surface area contributed by atoms with Crippen molar-refractivity contribution >= 4 is 33.6 Å². The predicted molar refractivity (Wildman–Crippen MR) is 100 cm³/mol. The molecule has 28 heavy (non-hydrogen) atoms. The quantitative estimate of drug-likeness (QED) is 0.642. The van der Waals surface area contributed by atoms with Gasteiger partial charge in [0.15, 0.2) is 0 Å². The van der Waals surface area contributed by atoms with Gasteiger partial charge in [0.05, 0.1) is 18.3 Å². The lowest BCUT2D eigenvalue weighted by molar-refractivity contribution is -0.148. The Morgan fingerprint density at radius 3 is 2.39 bits per heavy atom. The van der Waals surface area contributed by atoms with Gasteiger partial charge in [0.25, 0.3) is 0 Å². The summed E-state index contributed by atoms with van der Waals surface area (Å²) in [5, 5.41) is 0.389. The van der Waals surface area contributed by atoms with Crippen molar-refractivity contribution in [2.75, 3.05) is 7.11 Å². The van der Waals surface area contributed by atoms with Crippen LogP contribution in [0.2, 0.25) is 5.02 Å². The summed E-state index contributed by atoms with van der Waals surface area (Å²) in [4.78, 5) is 24.0. The van der Waals surface area contributed by atoms with Crippen molar-refractivity contribution < 1.29 is 31.9 Å². The Balaban J connectivity index is 2.11. The molecule has 8 nitrogen and oxygen atoms in total. The Labute approximate surface area is 167 Å². The molecular weight excluding hydrogens is 410 g/mol. The minimum Gasteiger partial charge on any atom is -0.463 e. The first-order chi connectivity index (χ1) is 13.2. The molecule has 0 amide bonds. The zero-order chi connectivity index (χ0) is 20.9. The van der Waals surface area contributed by atoms with Gasteiger partial charge in [-0.05, 0) is 36.2 Å². The molecule has 1 unspecified atom stereocenters. The van der Waals surface area contributed by atoms with Gasteiger partial charge in [-0.25, -0.2) is 13.2 Å². The number of ether oxygens (including phenoxy) is 2. The average molecular weight is 430 g/mol. The summed E-state index contributed by atoms with van der Waals surface area (Å²) in [5.41, 5.74) is 0.309. The van der Waals surface area contributed by atoms with Crippen molar-refractivity contribution in [2.24, 2.45) is 5.92 Å². The molecule has 1 aromatic carbocycles. The van der Waals surface area contributed by atoms with Gasteiger partial charge in [0.1, 0.15) is 12.6 Å². The van der Waals surface area contributed by atoms with E-state index in [1.54, 1.807) is 13.8 Å². The van der Waals surface area contributed by atoms with E-state index in [2.05, 4.69) is 9.46 Å². The summed E-state index contributed by atoms with van der Waals surface area (Å²) in [7, 11) is -2.77. The molecule has 0 aliphatic rings. The molecule has 1 aromatic heterocycles. The molecule has 0 saturated carbocycles. The van der Waals surface area contributed by atoms with E-state index in [-0.39, 0.29) is 23.2 Å². The number of esters is 2. The Bertz CT molecular complexity index is 935. The molecule has 152 valence electrons. The lowest BCUT2D eigenvalue weighted by atomic mass is 10.1. The van der Waals surface area contributed by atoms with Crippen molar-refractivity contribution in [3.05, 3.63) is 52.9 Å². The number of furan rings is 1. The number of sulfonamides is 1. The zero-order valence-corrected chi connectivity index (χ0v) is 17.0. The number of carbonyl (C=O) groups is 2. The van der Waals surface area contributed by atoms with Crippen LogP contribution < -0.4 is 4.72 Å². The smallest absolute Gasteiger partial charge is 0.374 e. The van der Waals surface area contributed by atoms with Crippen LogP contribution in [-0.2, 0) is 30.9 Å². The largest absolute Gasteiger partial charge is 0.463 e. The highest BCUT2D eigenvalue weighted by Crippen LogP contribution is 2.17. The number of benzene rings is 1. The summed E-state index contributed by atoms with van der Waals surface area (Å²) in [5.74, 6) is -1.97. The summed E-state index contributed by atoms with van der Waals surface area (Å²) in [6.07, 6.45) is 1.26. The van der Waals surface area contributed by atoms with Gasteiger partial charge >= 0.3 is 11.9 Å². The fourth-order valence-electron chi connectivity index (χ4n) is 2.27. The van der Waals surface area contributed by atoms with E-state index in [1.807, 2.05) is 0 Å². The third-order valence-corrected chi connectivity index (χ3v) is 5.52. The maximum Gasteiger partial charge on any atom is 0.374 e. The van der Waals surface area contributed by atoms with Gasteiger partial charge in [0, 0.05) is 10.6 Å². The lowest BCUT2D eigenvalue weighted by Gasteiger charge is -2.20. The summed E-state index contributed by atoms with van der Waals surface area (Å²) in [6.45, 7) is 3.08. The molecule has 0 fully saturated rings. The molecule has 0 aliphatic heterocycles. The van der Waals surface area contributed by atoms with Crippen LogP contribution in [0.5, 0.6) is 0 Å². The molecule has 0 radical (unpaired) electrons. The number of hydrogen-bond acceptors (Lipinski definition) is 7. The molecule has 2 aromatic rings. The Morgan fingerprint density at radius 2 is 1.82 bits per heavy atom. The number of hydrogen-bond donors (Lipinski definition) is 1. The molecule has 0 spiro atoms. The Hall–Kier alpha value is -2.36. The third-order valence-electron chi connectivity index (χ3n) is 3.81. The Kier molecular flexibility index (Phi) is 7.22. The second kappa shape index (κ2) is 9.22. The van der Waals surface area contributed by atoms with E-state index in [9.17, 15) is 18.0 Å². The van der Waals surface area contributed by atoms with E-state index >= 15 is 0 Å². The minimum absolute atomic E-state index is 0.0295. The highest BCUT2D eigenvalue weighted by molar-refractivity contribution is 7.89. The fraction of sp³-hybridized carbons (Fsp3) is 0.333. The van der Waals surface area contributed by atoms with Crippen molar-refractivity contribution in [1.82, 2.24) is 4.72 Å². The highest BCUT2D eigenvalue weighted by Gasteiger charge is 2.30. The number of nitrogens with one attached hydrogen (secondary N) is 1. The zero-order valence-electron chi connectivity index (χ0n) is 15.5. The fourth-order valence-corrected chi connectivity index (χ4v) is 3.72. The third kappa shape index (κ3) is 5.34. The van der Waals surface area contributed by atoms with Crippen LogP contribution in [0.25, 0.3) is 0 Å². The van der Waals surface area contributed by atoms with Crippen LogP contribution in [-0.4, -0.2) is 33.5 Å². The van der Waals surface area contributed by atoms with Gasteiger partial charge in [0.2, 0.25) is 15.8 Å². The molecule has 0 aliphatic carbocycles. The standard InChI is InChI=1S/C18H20ClNO7S/c1-11(2)15(20-28(23,24)14-6-4-13(19)5-7-14)17(21)27-10-12-8-9-26-16(12)18(22)25-3/h4-9,11,15,20H,10H2,1-3H3. The van der Waals surface area contributed by atoms with Crippen LogP contribution in [0.3, 0.4) is 0 Å². The van der Waals surface area contributed by atoms with E-state index in [0.717, 1.165) is 0 Å². The Morgan fingerprint density at radius 1 is 1.18 bits per heavy atom. The average Bonchev–Trinajstić information content (AvgIpc) is 3.12. The summed E-state index contributed by atoms with van der Waals surface area (Å²) >= 11 is 5.77. The van der Waals surface area contributed by atoms with Crippen molar-refractivity contribution in [3.63, 3.8) is 0 Å². The first kappa shape index (κ1) is 21.9. The highest BCUT2D eigenvalue weighted by atomic mass is 35.5. The van der Waals surface area contributed by atoms with E-state index in [4.69, 9.17) is 20.8 Å². The van der Waals surface area contributed by atoms with Gasteiger partial charge in [-0.15, -0.1) is 0 Å². The van der Waals surface area contributed by atoms with Crippen molar-refractivity contribution in [2.45, 2.75) is 31.4 Å². The monoisotopic (exact) mass is 429 g/mol. The first-order valence-electron chi connectivity index (χ1n) is 8.25. The minimum atomic E-state index is -3.97.